The van der Waals surface area contributed by atoms with E-state index in [4.69, 9.17) is 5.73 Å². The van der Waals surface area contributed by atoms with Crippen molar-refractivity contribution in [1.82, 2.24) is 0 Å². The van der Waals surface area contributed by atoms with Gasteiger partial charge in [-0.05, 0) is 42.9 Å². The molecule has 2 fully saturated rings. The van der Waals surface area contributed by atoms with E-state index in [0.717, 1.165) is 24.3 Å². The highest BCUT2D eigenvalue weighted by Gasteiger charge is 2.38. The maximum absolute atomic E-state index is 5.78. The Morgan fingerprint density at radius 1 is 1.36 bits per heavy atom. The molecule has 80 valence electrons. The third-order valence-corrected chi connectivity index (χ3v) is 4.20. The first-order chi connectivity index (χ1) is 6.70. The van der Waals surface area contributed by atoms with Gasteiger partial charge in [-0.25, -0.2) is 0 Å². The molecule has 2 aliphatic rings. The molecule has 2 N–H and O–H groups in total. The summed E-state index contributed by atoms with van der Waals surface area (Å²) in [4.78, 5) is 0. The van der Waals surface area contributed by atoms with Crippen molar-refractivity contribution in [2.75, 3.05) is 6.54 Å². The molecule has 2 rings (SSSR count). The maximum Gasteiger partial charge on any atom is 0.0139 e. The minimum Gasteiger partial charge on any atom is -0.327 e. The van der Waals surface area contributed by atoms with E-state index >= 15 is 0 Å². The van der Waals surface area contributed by atoms with Crippen LogP contribution in [0.5, 0.6) is 0 Å². The Morgan fingerprint density at radius 2 is 2.14 bits per heavy atom. The first kappa shape index (κ1) is 10.2. The lowest BCUT2D eigenvalue weighted by molar-refractivity contribution is 0.391. The number of rotatable bonds is 3. The molecule has 2 aliphatic carbocycles. The van der Waals surface area contributed by atoms with Gasteiger partial charge in [-0.1, -0.05) is 31.9 Å². The predicted molar refractivity (Wildman–Crippen MR) is 60.9 cm³/mol. The lowest BCUT2D eigenvalue weighted by Crippen LogP contribution is -2.14. The van der Waals surface area contributed by atoms with E-state index in [2.05, 4.69) is 19.9 Å². The van der Waals surface area contributed by atoms with Crippen molar-refractivity contribution >= 4 is 0 Å². The molecule has 14 heavy (non-hydrogen) atoms. The molecular formula is C13H23N. The Labute approximate surface area is 87.8 Å². The van der Waals surface area contributed by atoms with Crippen molar-refractivity contribution in [1.29, 1.82) is 0 Å². The Kier molecular flexibility index (Phi) is 2.96. The van der Waals surface area contributed by atoms with E-state index in [1.54, 1.807) is 0 Å². The summed E-state index contributed by atoms with van der Waals surface area (Å²) in [5.74, 6) is 3.56. The van der Waals surface area contributed by atoms with Gasteiger partial charge in [0.1, 0.15) is 0 Å². The van der Waals surface area contributed by atoms with Crippen molar-refractivity contribution in [2.24, 2.45) is 29.4 Å². The standard InChI is InChI=1S/C13H23N/c1-9(2)13(8-14)7-12-6-10-3-4-11(12)5-10/h7,9-12H,3-6,8,14H2,1-2H3/b13-7+. The second-order valence-electron chi connectivity index (χ2n) is 5.44. The summed E-state index contributed by atoms with van der Waals surface area (Å²) in [5, 5.41) is 0. The molecule has 0 aromatic rings. The van der Waals surface area contributed by atoms with E-state index in [9.17, 15) is 0 Å². The van der Waals surface area contributed by atoms with Gasteiger partial charge in [0.25, 0.3) is 0 Å². The third kappa shape index (κ3) is 1.88. The Bertz CT molecular complexity index is 229. The number of nitrogens with two attached hydrogens (primary N) is 1. The van der Waals surface area contributed by atoms with Crippen molar-refractivity contribution in [3.05, 3.63) is 11.6 Å². The molecular weight excluding hydrogens is 170 g/mol. The van der Waals surface area contributed by atoms with Crippen molar-refractivity contribution in [2.45, 2.75) is 39.5 Å². The molecule has 0 spiro atoms. The minimum atomic E-state index is 0.638. The van der Waals surface area contributed by atoms with Crippen LogP contribution in [0.2, 0.25) is 0 Å². The summed E-state index contributed by atoms with van der Waals surface area (Å²) in [5.41, 5.74) is 7.26. The van der Waals surface area contributed by atoms with Gasteiger partial charge in [-0.2, -0.15) is 0 Å². The van der Waals surface area contributed by atoms with Crippen molar-refractivity contribution in [3.63, 3.8) is 0 Å². The van der Waals surface area contributed by atoms with Crippen LogP contribution in [0.25, 0.3) is 0 Å². The van der Waals surface area contributed by atoms with Gasteiger partial charge in [0.05, 0.1) is 0 Å². The second kappa shape index (κ2) is 4.06. The van der Waals surface area contributed by atoms with E-state index in [1.165, 1.54) is 31.3 Å². The molecule has 0 saturated heterocycles. The molecule has 0 radical (unpaired) electrons. The van der Waals surface area contributed by atoms with Crippen LogP contribution < -0.4 is 5.73 Å². The highest BCUT2D eigenvalue weighted by molar-refractivity contribution is 5.12. The SMILES string of the molecule is CC(C)/C(=C/C1CC2CCC1C2)CN. The third-order valence-electron chi connectivity index (χ3n) is 4.20. The van der Waals surface area contributed by atoms with Crippen LogP contribution in [0.15, 0.2) is 11.6 Å². The number of hydrogen-bond acceptors (Lipinski definition) is 1. The average molecular weight is 193 g/mol. The molecule has 2 saturated carbocycles. The zero-order valence-corrected chi connectivity index (χ0v) is 9.50. The zero-order chi connectivity index (χ0) is 10.1. The van der Waals surface area contributed by atoms with Gasteiger partial charge in [0.15, 0.2) is 0 Å². The van der Waals surface area contributed by atoms with E-state index < -0.39 is 0 Å². The number of allylic oxidation sites excluding steroid dienone is 1. The lowest BCUT2D eigenvalue weighted by Gasteiger charge is -2.20. The number of fused-ring (bicyclic) bond motifs is 2. The van der Waals surface area contributed by atoms with Crippen molar-refractivity contribution in [3.8, 4) is 0 Å². The van der Waals surface area contributed by atoms with Crippen molar-refractivity contribution < 1.29 is 0 Å². The normalized spacial score (nSPS) is 37.1. The fourth-order valence-electron chi connectivity index (χ4n) is 3.27. The van der Waals surface area contributed by atoms with Gasteiger partial charge in [-0.15, -0.1) is 0 Å². The lowest BCUT2D eigenvalue weighted by atomic mass is 9.86. The van der Waals surface area contributed by atoms with Gasteiger partial charge < -0.3 is 5.73 Å². The first-order valence-electron chi connectivity index (χ1n) is 6.11. The summed E-state index contributed by atoms with van der Waals surface area (Å²) in [6, 6.07) is 0. The molecule has 3 unspecified atom stereocenters. The summed E-state index contributed by atoms with van der Waals surface area (Å²) >= 11 is 0. The maximum atomic E-state index is 5.78. The fourth-order valence-corrected chi connectivity index (χ4v) is 3.27. The smallest absolute Gasteiger partial charge is 0.0139 e. The van der Waals surface area contributed by atoms with Crippen LogP contribution in [0.1, 0.15) is 39.5 Å². The Balaban J connectivity index is 2.02. The summed E-state index contributed by atoms with van der Waals surface area (Å²) in [7, 11) is 0. The van der Waals surface area contributed by atoms with E-state index in [0.29, 0.717) is 5.92 Å². The summed E-state index contributed by atoms with van der Waals surface area (Å²) in [6.07, 6.45) is 8.42. The van der Waals surface area contributed by atoms with Gasteiger partial charge in [0, 0.05) is 6.54 Å². The van der Waals surface area contributed by atoms with Gasteiger partial charge >= 0.3 is 0 Å². The molecule has 0 heterocycles. The molecule has 2 bridgehead atoms. The molecule has 1 heteroatoms. The first-order valence-corrected chi connectivity index (χ1v) is 6.11. The minimum absolute atomic E-state index is 0.638. The summed E-state index contributed by atoms with van der Waals surface area (Å²) < 4.78 is 0. The number of hydrogen-bond donors (Lipinski definition) is 1. The van der Waals surface area contributed by atoms with E-state index in [1.807, 2.05) is 0 Å². The van der Waals surface area contributed by atoms with Gasteiger partial charge in [-0.3, -0.25) is 0 Å². The highest BCUT2D eigenvalue weighted by atomic mass is 14.5. The fraction of sp³-hybridized carbons (Fsp3) is 0.846. The van der Waals surface area contributed by atoms with Crippen LogP contribution >= 0.6 is 0 Å². The van der Waals surface area contributed by atoms with Gasteiger partial charge in [0.2, 0.25) is 0 Å². The Morgan fingerprint density at radius 3 is 2.57 bits per heavy atom. The van der Waals surface area contributed by atoms with Crippen LogP contribution in [0.4, 0.5) is 0 Å². The molecule has 0 aromatic carbocycles. The summed E-state index contributed by atoms with van der Waals surface area (Å²) in [6.45, 7) is 5.27. The average Bonchev–Trinajstić information content (AvgIpc) is 2.74. The highest BCUT2D eigenvalue weighted by Crippen LogP contribution is 2.49. The largest absolute Gasteiger partial charge is 0.327 e. The topological polar surface area (TPSA) is 26.0 Å². The molecule has 0 aromatic heterocycles. The zero-order valence-electron chi connectivity index (χ0n) is 9.50. The molecule has 3 atom stereocenters. The van der Waals surface area contributed by atoms with Crippen LogP contribution in [-0.2, 0) is 0 Å². The molecule has 1 nitrogen and oxygen atoms in total. The van der Waals surface area contributed by atoms with Crippen LogP contribution in [-0.4, -0.2) is 6.54 Å². The predicted octanol–water partition coefficient (Wildman–Crippen LogP) is 2.96. The Hall–Kier alpha value is -0.300. The second-order valence-corrected chi connectivity index (χ2v) is 5.44. The molecule has 0 amide bonds. The monoisotopic (exact) mass is 193 g/mol. The molecule has 0 aliphatic heterocycles. The van der Waals surface area contributed by atoms with Crippen LogP contribution in [0.3, 0.4) is 0 Å². The quantitative estimate of drug-likeness (QED) is 0.685. The van der Waals surface area contributed by atoms with Crippen LogP contribution in [0, 0.1) is 23.7 Å². The van der Waals surface area contributed by atoms with E-state index in [-0.39, 0.29) is 0 Å².